The fourth-order valence-corrected chi connectivity index (χ4v) is 3.90. The molecule has 3 heteroatoms. The molecule has 1 heterocycles. The molecule has 0 radical (unpaired) electrons. The molecule has 0 unspecified atom stereocenters. The second kappa shape index (κ2) is 7.11. The summed E-state index contributed by atoms with van der Waals surface area (Å²) in [6.07, 6.45) is 3.59. The number of rotatable bonds is 6. The molecule has 0 aromatic rings. The average molecular weight is 294 g/mol. The highest BCUT2D eigenvalue weighted by Gasteiger charge is 2.58. The lowest BCUT2D eigenvalue weighted by atomic mass is 9.77. The van der Waals surface area contributed by atoms with E-state index in [1.165, 1.54) is 0 Å². The molecular formula is C18H34N2O. The Labute approximate surface area is 131 Å². The van der Waals surface area contributed by atoms with Crippen LogP contribution in [0.2, 0.25) is 0 Å². The van der Waals surface area contributed by atoms with Crippen LogP contribution in [0.25, 0.3) is 0 Å². The van der Waals surface area contributed by atoms with Gasteiger partial charge in [-0.15, -0.1) is 5.73 Å². The van der Waals surface area contributed by atoms with Crippen molar-refractivity contribution in [3.63, 3.8) is 0 Å². The Morgan fingerprint density at radius 3 is 2.10 bits per heavy atom. The highest BCUT2D eigenvalue weighted by atomic mass is 16.5. The summed E-state index contributed by atoms with van der Waals surface area (Å²) in [4.78, 5) is 4.60. The molecule has 1 aliphatic heterocycles. The first-order valence-electron chi connectivity index (χ1n) is 8.04. The molecule has 122 valence electrons. The maximum absolute atomic E-state index is 6.56. The quantitative estimate of drug-likeness (QED) is 0.700. The normalized spacial score (nSPS) is 33.2. The number of hydrogen-bond acceptors (Lipinski definition) is 3. The number of ether oxygens (including phenoxy) is 1. The Morgan fingerprint density at radius 1 is 1.19 bits per heavy atom. The fourth-order valence-electron chi connectivity index (χ4n) is 3.90. The van der Waals surface area contributed by atoms with Crippen LogP contribution in [0.4, 0.5) is 0 Å². The van der Waals surface area contributed by atoms with E-state index in [2.05, 4.69) is 84.1 Å². The van der Waals surface area contributed by atoms with E-state index in [0.717, 1.165) is 6.42 Å². The monoisotopic (exact) mass is 294 g/mol. The van der Waals surface area contributed by atoms with Gasteiger partial charge in [-0.05, 0) is 52.5 Å². The van der Waals surface area contributed by atoms with Gasteiger partial charge >= 0.3 is 0 Å². The van der Waals surface area contributed by atoms with E-state index < -0.39 is 0 Å². The number of hydrogen-bond donors (Lipinski definition) is 0. The summed E-state index contributed by atoms with van der Waals surface area (Å²) in [5, 5.41) is 0. The van der Waals surface area contributed by atoms with E-state index in [1.807, 2.05) is 0 Å². The number of nitrogens with zero attached hydrogens (tertiary/aromatic N) is 2. The summed E-state index contributed by atoms with van der Waals surface area (Å²) in [6.45, 7) is 12.9. The molecule has 0 spiro atoms. The van der Waals surface area contributed by atoms with Gasteiger partial charge in [-0.3, -0.25) is 4.90 Å². The van der Waals surface area contributed by atoms with Gasteiger partial charge in [-0.25, -0.2) is 0 Å². The molecule has 1 fully saturated rings. The lowest BCUT2D eigenvalue weighted by Gasteiger charge is -2.45. The minimum absolute atomic E-state index is 0.151. The Kier molecular flexibility index (Phi) is 6.24. The van der Waals surface area contributed by atoms with Crippen molar-refractivity contribution < 1.29 is 4.74 Å². The first kappa shape index (κ1) is 18.4. The van der Waals surface area contributed by atoms with Crippen LogP contribution in [-0.4, -0.2) is 61.8 Å². The van der Waals surface area contributed by atoms with E-state index in [4.69, 9.17) is 4.74 Å². The molecule has 0 bridgehead atoms. The summed E-state index contributed by atoms with van der Waals surface area (Å²) in [7, 11) is 8.58. The molecule has 1 rings (SSSR count). The van der Waals surface area contributed by atoms with E-state index in [-0.39, 0.29) is 17.7 Å². The third kappa shape index (κ3) is 3.43. The molecule has 1 saturated heterocycles. The first-order valence-corrected chi connectivity index (χ1v) is 8.04. The minimum atomic E-state index is -0.182. The molecule has 0 aromatic carbocycles. The number of likely N-dealkylation sites (N-methyl/N-ethyl adjacent to an activating group) is 2. The molecule has 0 amide bonds. The van der Waals surface area contributed by atoms with Crippen LogP contribution in [0.1, 0.15) is 34.1 Å². The zero-order valence-electron chi connectivity index (χ0n) is 15.2. The molecule has 0 aliphatic carbocycles. The summed E-state index contributed by atoms with van der Waals surface area (Å²) < 4.78 is 6.56. The lowest BCUT2D eigenvalue weighted by Crippen LogP contribution is -2.62. The largest absolute Gasteiger partial charge is 0.371 e. The van der Waals surface area contributed by atoms with Gasteiger partial charge in [-0.1, -0.05) is 34.3 Å². The van der Waals surface area contributed by atoms with Crippen molar-refractivity contribution in [2.45, 2.75) is 57.9 Å². The standard InChI is InChI=1S/C18H34N2O/c1-10-11-18(20(8)9)16(19(6)7)15(12-13(2)3)21-17(18)14(4)5/h11,13-17H,1,12H2,2-9H3/t15-,16-,17+,18-/m1/s1. The average Bonchev–Trinajstić information content (AvgIpc) is 2.64. The SMILES string of the molecule is C=C=C[C@]1(N(C)C)[C@H](C(C)C)O[C@H](CC(C)C)[C@H]1N(C)C. The maximum Gasteiger partial charge on any atom is 0.0910 e. The van der Waals surface area contributed by atoms with Gasteiger partial charge in [0.1, 0.15) is 0 Å². The Morgan fingerprint density at radius 2 is 1.76 bits per heavy atom. The van der Waals surface area contributed by atoms with Crippen molar-refractivity contribution >= 4 is 0 Å². The van der Waals surface area contributed by atoms with Crippen LogP contribution in [0.5, 0.6) is 0 Å². The van der Waals surface area contributed by atoms with Crippen LogP contribution in [0, 0.1) is 11.8 Å². The second-order valence-electron chi connectivity index (χ2n) is 7.51. The molecule has 21 heavy (non-hydrogen) atoms. The van der Waals surface area contributed by atoms with E-state index >= 15 is 0 Å². The summed E-state index contributed by atoms with van der Waals surface area (Å²) in [5.74, 6) is 1.06. The zero-order chi connectivity index (χ0) is 16.4. The highest BCUT2D eigenvalue weighted by Crippen LogP contribution is 2.43. The Balaban J connectivity index is 3.38. The van der Waals surface area contributed by atoms with E-state index in [0.29, 0.717) is 17.9 Å². The molecule has 1 aliphatic rings. The zero-order valence-corrected chi connectivity index (χ0v) is 15.2. The molecule has 0 N–H and O–H groups in total. The van der Waals surface area contributed by atoms with Crippen molar-refractivity contribution in [2.24, 2.45) is 11.8 Å². The maximum atomic E-state index is 6.56. The van der Waals surface area contributed by atoms with Crippen LogP contribution >= 0.6 is 0 Å². The van der Waals surface area contributed by atoms with Crippen molar-refractivity contribution in [1.82, 2.24) is 9.80 Å². The molecule has 0 saturated carbocycles. The van der Waals surface area contributed by atoms with Crippen LogP contribution in [0.15, 0.2) is 18.4 Å². The van der Waals surface area contributed by atoms with Crippen LogP contribution in [0.3, 0.4) is 0 Å². The van der Waals surface area contributed by atoms with Crippen molar-refractivity contribution in [3.05, 3.63) is 18.4 Å². The summed E-state index contributed by atoms with van der Waals surface area (Å²) in [6, 6.07) is 0.302. The third-order valence-electron chi connectivity index (χ3n) is 4.58. The lowest BCUT2D eigenvalue weighted by molar-refractivity contribution is -0.0214. The molecular weight excluding hydrogens is 260 g/mol. The predicted molar refractivity (Wildman–Crippen MR) is 90.6 cm³/mol. The third-order valence-corrected chi connectivity index (χ3v) is 4.58. The summed E-state index contributed by atoms with van der Waals surface area (Å²) >= 11 is 0. The summed E-state index contributed by atoms with van der Waals surface area (Å²) in [5.41, 5.74) is 2.87. The van der Waals surface area contributed by atoms with Gasteiger partial charge in [0.25, 0.3) is 0 Å². The minimum Gasteiger partial charge on any atom is -0.371 e. The van der Waals surface area contributed by atoms with Gasteiger partial charge in [-0.2, -0.15) is 0 Å². The topological polar surface area (TPSA) is 15.7 Å². The molecule has 0 aromatic heterocycles. The van der Waals surface area contributed by atoms with Crippen molar-refractivity contribution in [2.75, 3.05) is 28.2 Å². The Hall–Kier alpha value is -0.600. The molecule has 4 atom stereocenters. The van der Waals surface area contributed by atoms with Crippen LogP contribution < -0.4 is 0 Å². The van der Waals surface area contributed by atoms with Crippen molar-refractivity contribution in [1.29, 1.82) is 0 Å². The highest BCUT2D eigenvalue weighted by molar-refractivity contribution is 5.22. The van der Waals surface area contributed by atoms with Gasteiger partial charge in [0.05, 0.1) is 23.8 Å². The van der Waals surface area contributed by atoms with Gasteiger partial charge in [0, 0.05) is 0 Å². The van der Waals surface area contributed by atoms with Gasteiger partial charge in [0.2, 0.25) is 0 Å². The first-order chi connectivity index (χ1) is 9.68. The van der Waals surface area contributed by atoms with Crippen LogP contribution in [-0.2, 0) is 4.74 Å². The van der Waals surface area contributed by atoms with E-state index in [1.54, 1.807) is 0 Å². The van der Waals surface area contributed by atoms with Gasteiger partial charge < -0.3 is 9.64 Å². The predicted octanol–water partition coefficient (Wildman–Crippen LogP) is 3.03. The van der Waals surface area contributed by atoms with Gasteiger partial charge in [0.15, 0.2) is 0 Å². The molecule has 3 nitrogen and oxygen atoms in total. The second-order valence-corrected chi connectivity index (χ2v) is 7.51. The van der Waals surface area contributed by atoms with E-state index in [9.17, 15) is 0 Å². The Bertz CT molecular complexity index is 383. The smallest absolute Gasteiger partial charge is 0.0910 e. The van der Waals surface area contributed by atoms with Crippen molar-refractivity contribution in [3.8, 4) is 0 Å². The fraction of sp³-hybridized carbons (Fsp3) is 0.833.